The Kier molecular flexibility index (Phi) is 70.6. The first-order chi connectivity index (χ1) is 48.8. The van der Waals surface area contributed by atoms with Crippen molar-refractivity contribution in [2.45, 2.75) is 526 Å². The van der Waals surface area contributed by atoms with Crippen molar-refractivity contribution in [2.24, 2.45) is 67.0 Å². The van der Waals surface area contributed by atoms with E-state index in [1.807, 2.05) is 83.1 Å². The van der Waals surface area contributed by atoms with Gasteiger partial charge in [0.2, 0.25) is 0 Å². The molecular weight excluding hydrogens is 1330 g/mol. The second-order valence-electron chi connectivity index (χ2n) is 38.2. The summed E-state index contributed by atoms with van der Waals surface area (Å²) >= 11 is 0. The second-order valence-corrected chi connectivity index (χ2v) is 38.2. The molecular formula is C96H192O8Ti. The molecule has 0 saturated carbocycles. The van der Waals surface area contributed by atoms with Crippen LogP contribution in [0, 0.1) is 67.0 Å². The minimum atomic E-state index is -0.649. The van der Waals surface area contributed by atoms with Gasteiger partial charge in [0, 0.05) is 21.7 Å². The predicted molar refractivity (Wildman–Crippen MR) is 459 cm³/mol. The van der Waals surface area contributed by atoms with Gasteiger partial charge in [0.05, 0.1) is 21.7 Å². The van der Waals surface area contributed by atoms with Crippen LogP contribution in [-0.4, -0.2) is 44.3 Å². The van der Waals surface area contributed by atoms with Gasteiger partial charge in [-0.15, -0.1) is 0 Å². The summed E-state index contributed by atoms with van der Waals surface area (Å²) in [5, 5.41) is 39.0. The van der Waals surface area contributed by atoms with Crippen molar-refractivity contribution in [3.05, 3.63) is 0 Å². The standard InChI is InChI=1S/4C24H48O2.Ti/c4*1-7-8-9-10-11-12-13-14-15-16-17-18-19-20-23(4,5)24(6,21(2)3)22(25)26;/h4*21H,7-20H2,1-6H3,(H,25,26);. The molecule has 0 aliphatic rings. The first-order valence-corrected chi connectivity index (χ1v) is 45.7. The molecule has 9 heteroatoms. The number of hydrogen-bond donors (Lipinski definition) is 4. The van der Waals surface area contributed by atoms with E-state index in [0.29, 0.717) is 0 Å². The quantitative estimate of drug-likeness (QED) is 0.0347. The molecule has 0 heterocycles. The van der Waals surface area contributed by atoms with E-state index in [0.717, 1.165) is 51.4 Å². The van der Waals surface area contributed by atoms with Crippen LogP contribution >= 0.6 is 0 Å². The SMILES string of the molecule is CCCCCCCCCCCCCCCC(C)(C)C(C)(C(=O)O)C(C)C.CCCCCCCCCCCCCCCC(C)(C)C(C)(C(=O)O)C(C)C.CCCCCCCCCCCCCCCC(C)(C)C(C)(C(=O)O)C(C)C.CCCCCCCCCCCCCCCC(C)(C)C(C)(C(=O)O)C(C)C.[Ti]. The van der Waals surface area contributed by atoms with E-state index in [2.05, 4.69) is 83.1 Å². The van der Waals surface area contributed by atoms with Crippen LogP contribution in [0.2, 0.25) is 0 Å². The number of unbranched alkanes of at least 4 members (excludes halogenated alkanes) is 48. The topological polar surface area (TPSA) is 149 Å². The van der Waals surface area contributed by atoms with Gasteiger partial charge in [0.25, 0.3) is 0 Å². The van der Waals surface area contributed by atoms with Crippen LogP contribution in [0.4, 0.5) is 0 Å². The molecule has 0 aromatic rings. The van der Waals surface area contributed by atoms with Gasteiger partial charge in [-0.3, -0.25) is 19.2 Å². The third-order valence-electron chi connectivity index (χ3n) is 27.6. The van der Waals surface area contributed by atoms with E-state index in [4.69, 9.17) is 0 Å². The molecule has 0 rings (SSSR count). The minimum absolute atomic E-state index is 0. The van der Waals surface area contributed by atoms with Crippen molar-refractivity contribution in [1.82, 2.24) is 0 Å². The molecule has 0 radical (unpaired) electrons. The Bertz CT molecular complexity index is 1730. The Balaban J connectivity index is -0.000000422. The Morgan fingerprint density at radius 2 is 0.276 bits per heavy atom. The molecule has 4 atom stereocenters. The van der Waals surface area contributed by atoms with Gasteiger partial charge in [-0.2, -0.15) is 0 Å². The Morgan fingerprint density at radius 3 is 0.352 bits per heavy atom. The molecule has 0 aliphatic heterocycles. The minimum Gasteiger partial charge on any atom is -0.481 e. The van der Waals surface area contributed by atoms with E-state index < -0.39 is 45.5 Å². The molecule has 0 spiro atoms. The molecule has 628 valence electrons. The van der Waals surface area contributed by atoms with Crippen molar-refractivity contribution < 1.29 is 61.3 Å². The van der Waals surface area contributed by atoms with Gasteiger partial charge in [-0.1, -0.05) is 472 Å². The summed E-state index contributed by atoms with van der Waals surface area (Å²) in [6.45, 7) is 50.3. The number of carbonyl (C=O) groups is 4. The van der Waals surface area contributed by atoms with E-state index >= 15 is 0 Å². The average Bonchev–Trinajstić information content (AvgIpc) is 0.809. The molecule has 0 aliphatic carbocycles. The third-order valence-corrected chi connectivity index (χ3v) is 27.6. The van der Waals surface area contributed by atoms with E-state index in [1.54, 1.807) is 0 Å². The van der Waals surface area contributed by atoms with Gasteiger partial charge in [0.1, 0.15) is 0 Å². The van der Waals surface area contributed by atoms with Crippen LogP contribution in [0.1, 0.15) is 526 Å². The molecule has 8 nitrogen and oxygen atoms in total. The number of carboxylic acid groups (broad SMARTS) is 4. The van der Waals surface area contributed by atoms with E-state index in [1.165, 1.54) is 308 Å². The number of rotatable bonds is 68. The Morgan fingerprint density at radius 1 is 0.190 bits per heavy atom. The molecule has 4 unspecified atom stereocenters. The Labute approximate surface area is 673 Å². The van der Waals surface area contributed by atoms with Gasteiger partial charge >= 0.3 is 23.9 Å². The summed E-state index contributed by atoms with van der Waals surface area (Å²) in [4.78, 5) is 47.4. The zero-order valence-corrected chi connectivity index (χ0v) is 77.4. The van der Waals surface area contributed by atoms with Gasteiger partial charge in [-0.25, -0.2) is 0 Å². The van der Waals surface area contributed by atoms with Gasteiger partial charge in [-0.05, 0) is 98.7 Å². The maximum Gasteiger partial charge on any atom is 0.310 e. The van der Waals surface area contributed by atoms with Gasteiger partial charge in [0.15, 0.2) is 0 Å². The largest absolute Gasteiger partial charge is 0.481 e. The Hall–Kier alpha value is -1.41. The van der Waals surface area contributed by atoms with Crippen molar-refractivity contribution in [1.29, 1.82) is 0 Å². The van der Waals surface area contributed by atoms with Crippen LogP contribution in [-0.2, 0) is 40.9 Å². The summed E-state index contributed by atoms with van der Waals surface area (Å²) < 4.78 is 0. The van der Waals surface area contributed by atoms with Crippen LogP contribution in [0.3, 0.4) is 0 Å². The molecule has 0 aromatic heterocycles. The maximum absolute atomic E-state index is 11.8. The first-order valence-electron chi connectivity index (χ1n) is 45.7. The van der Waals surface area contributed by atoms with Crippen molar-refractivity contribution in [3.63, 3.8) is 0 Å². The molecule has 0 amide bonds. The van der Waals surface area contributed by atoms with Crippen LogP contribution in [0.5, 0.6) is 0 Å². The normalized spacial score (nSPS) is 14.4. The molecule has 0 saturated heterocycles. The van der Waals surface area contributed by atoms with Crippen LogP contribution in [0.25, 0.3) is 0 Å². The molecule has 0 bridgehead atoms. The maximum atomic E-state index is 11.8. The monoisotopic (exact) mass is 1520 g/mol. The first kappa shape index (κ1) is 112. The van der Waals surface area contributed by atoms with Crippen molar-refractivity contribution in [3.8, 4) is 0 Å². The van der Waals surface area contributed by atoms with E-state index in [9.17, 15) is 39.6 Å². The molecule has 105 heavy (non-hydrogen) atoms. The fraction of sp³-hybridized carbons (Fsp3) is 0.958. The summed E-state index contributed by atoms with van der Waals surface area (Å²) in [5.41, 5.74) is -3.24. The van der Waals surface area contributed by atoms with Crippen molar-refractivity contribution >= 4 is 23.9 Å². The average molecular weight is 1520 g/mol. The van der Waals surface area contributed by atoms with E-state index in [-0.39, 0.29) is 67.0 Å². The fourth-order valence-electron chi connectivity index (χ4n) is 16.6. The van der Waals surface area contributed by atoms with Gasteiger partial charge < -0.3 is 20.4 Å². The van der Waals surface area contributed by atoms with Crippen LogP contribution in [0.15, 0.2) is 0 Å². The molecule has 0 aromatic carbocycles. The van der Waals surface area contributed by atoms with Crippen LogP contribution < -0.4 is 0 Å². The number of carboxylic acids is 4. The molecule has 4 N–H and O–H groups in total. The fourth-order valence-corrected chi connectivity index (χ4v) is 16.6. The summed E-state index contributed by atoms with van der Waals surface area (Å²) in [5.74, 6) is -1.98. The number of aliphatic carboxylic acids is 4. The zero-order chi connectivity index (χ0) is 80.2. The second kappa shape index (κ2) is 66.1. The predicted octanol–water partition coefficient (Wildman–Crippen LogP) is 33.0. The number of hydrogen-bond acceptors (Lipinski definition) is 4. The summed E-state index contributed by atoms with van der Waals surface area (Å²) in [7, 11) is 0. The third kappa shape index (κ3) is 48.3. The zero-order valence-electron chi connectivity index (χ0n) is 75.8. The summed E-state index contributed by atoms with van der Waals surface area (Å²) in [6.07, 6.45) is 74.6. The summed E-state index contributed by atoms with van der Waals surface area (Å²) in [6, 6.07) is 0. The smallest absolute Gasteiger partial charge is 0.310 e. The van der Waals surface area contributed by atoms with Crippen molar-refractivity contribution in [2.75, 3.05) is 0 Å². The molecule has 0 fully saturated rings.